The molecule has 0 aliphatic carbocycles. The van der Waals surface area contributed by atoms with Crippen molar-refractivity contribution in [3.63, 3.8) is 0 Å². The van der Waals surface area contributed by atoms with Gasteiger partial charge in [-0.3, -0.25) is 9.88 Å². The van der Waals surface area contributed by atoms with E-state index in [0.717, 1.165) is 49.7 Å². The van der Waals surface area contributed by atoms with Crippen molar-refractivity contribution < 1.29 is 13.9 Å². The van der Waals surface area contributed by atoms with E-state index < -0.39 is 0 Å². The Hall–Kier alpha value is -1.82. The molecule has 2 fully saturated rings. The van der Waals surface area contributed by atoms with Crippen LogP contribution in [0, 0.1) is 24.6 Å². The van der Waals surface area contributed by atoms with Crippen molar-refractivity contribution in [2.45, 2.75) is 32.6 Å². The summed E-state index contributed by atoms with van der Waals surface area (Å²) in [5, 5.41) is 0. The van der Waals surface area contributed by atoms with E-state index in [1.807, 2.05) is 37.3 Å². The zero-order valence-electron chi connectivity index (χ0n) is 15.8. The molecule has 0 unspecified atom stereocenters. The van der Waals surface area contributed by atoms with Gasteiger partial charge in [-0.05, 0) is 37.5 Å². The fraction of sp³-hybridized carbons (Fsp3) is 0.500. The lowest BCUT2D eigenvalue weighted by Crippen LogP contribution is -2.25. The minimum absolute atomic E-state index is 0.120. The van der Waals surface area contributed by atoms with Crippen LogP contribution in [0.25, 0.3) is 0 Å². The van der Waals surface area contributed by atoms with Gasteiger partial charge in [0.05, 0.1) is 25.0 Å². The van der Waals surface area contributed by atoms with Crippen molar-refractivity contribution in [1.29, 1.82) is 0 Å². The number of pyridine rings is 1. The summed E-state index contributed by atoms with van der Waals surface area (Å²) in [6, 6.07) is 13.0. The Kier molecular flexibility index (Phi) is 5.81. The number of hydrogen-bond acceptors (Lipinski definition) is 4. The van der Waals surface area contributed by atoms with E-state index in [1.54, 1.807) is 6.07 Å². The molecule has 3 atom stereocenters. The van der Waals surface area contributed by atoms with Gasteiger partial charge in [0.1, 0.15) is 5.82 Å². The Balaban J connectivity index is 1.23. The summed E-state index contributed by atoms with van der Waals surface area (Å²) in [5.41, 5.74) is 2.76. The maximum Gasteiger partial charge on any atom is 0.127 e. The van der Waals surface area contributed by atoms with Gasteiger partial charge < -0.3 is 9.47 Å². The molecule has 2 aliphatic heterocycles. The first-order valence-corrected chi connectivity index (χ1v) is 9.76. The van der Waals surface area contributed by atoms with Gasteiger partial charge in [0.15, 0.2) is 0 Å². The third kappa shape index (κ3) is 4.54. The number of halogens is 1. The normalized spacial score (nSPS) is 25.0. The number of fused-ring (bicyclic) bond motifs is 1. The van der Waals surface area contributed by atoms with Crippen LogP contribution in [0.3, 0.4) is 0 Å². The van der Waals surface area contributed by atoms with Crippen molar-refractivity contribution in [2.75, 3.05) is 26.3 Å². The predicted octanol–water partition coefficient (Wildman–Crippen LogP) is 3.58. The minimum atomic E-state index is -0.120. The summed E-state index contributed by atoms with van der Waals surface area (Å²) >= 11 is 0. The summed E-state index contributed by atoms with van der Waals surface area (Å²) in [6.45, 7) is 6.61. The highest BCUT2D eigenvalue weighted by atomic mass is 19.1. The molecule has 5 heteroatoms. The van der Waals surface area contributed by atoms with Gasteiger partial charge in [-0.2, -0.15) is 0 Å². The highest BCUT2D eigenvalue weighted by Gasteiger charge is 2.43. The molecule has 1 aromatic heterocycles. The number of aromatic nitrogens is 1. The van der Waals surface area contributed by atoms with Gasteiger partial charge in [-0.1, -0.05) is 24.3 Å². The molecule has 144 valence electrons. The second-order valence-corrected chi connectivity index (χ2v) is 7.69. The highest BCUT2D eigenvalue weighted by molar-refractivity contribution is 5.17. The molecule has 0 radical (unpaired) electrons. The third-order valence-corrected chi connectivity index (χ3v) is 5.70. The molecule has 1 aromatic carbocycles. The number of hydrogen-bond donors (Lipinski definition) is 0. The van der Waals surface area contributed by atoms with Crippen LogP contribution in [0.15, 0.2) is 42.5 Å². The summed E-state index contributed by atoms with van der Waals surface area (Å²) in [5.74, 6) is 0.925. The van der Waals surface area contributed by atoms with E-state index >= 15 is 0 Å². The lowest BCUT2D eigenvalue weighted by Gasteiger charge is -2.20. The Morgan fingerprint density at radius 3 is 2.93 bits per heavy atom. The zero-order chi connectivity index (χ0) is 18.6. The van der Waals surface area contributed by atoms with Crippen LogP contribution in [0.1, 0.15) is 23.4 Å². The standard InChI is InChI=1S/C22H27FN2O2/c1-16-5-4-7-19(24-16)15-26-10-9-18-14-27-22-13-25(12-20(18)22)11-17-6-2-3-8-21(17)23/h2-8,18,20,22H,9-15H2,1H3/t18-,20-,22-/m0/s1. The van der Waals surface area contributed by atoms with Crippen molar-refractivity contribution in [3.05, 3.63) is 65.2 Å². The lowest BCUT2D eigenvalue weighted by molar-refractivity contribution is 0.0809. The third-order valence-electron chi connectivity index (χ3n) is 5.70. The van der Waals surface area contributed by atoms with Crippen LogP contribution in [-0.4, -0.2) is 42.3 Å². The Morgan fingerprint density at radius 2 is 2.07 bits per heavy atom. The van der Waals surface area contributed by atoms with Crippen molar-refractivity contribution >= 4 is 0 Å². The molecule has 3 heterocycles. The molecule has 2 saturated heterocycles. The second kappa shape index (κ2) is 8.46. The summed E-state index contributed by atoms with van der Waals surface area (Å²) < 4.78 is 25.8. The monoisotopic (exact) mass is 370 g/mol. The number of ether oxygens (including phenoxy) is 2. The van der Waals surface area contributed by atoms with Crippen LogP contribution in [0.2, 0.25) is 0 Å². The molecule has 27 heavy (non-hydrogen) atoms. The topological polar surface area (TPSA) is 34.6 Å². The molecule has 0 amide bonds. The first kappa shape index (κ1) is 18.5. The Bertz CT molecular complexity index is 769. The molecule has 4 nitrogen and oxygen atoms in total. The highest BCUT2D eigenvalue weighted by Crippen LogP contribution is 2.36. The van der Waals surface area contributed by atoms with Crippen LogP contribution in [0.4, 0.5) is 4.39 Å². The van der Waals surface area contributed by atoms with Crippen LogP contribution in [-0.2, 0) is 22.6 Å². The van der Waals surface area contributed by atoms with Gasteiger partial charge in [0.2, 0.25) is 0 Å². The maximum absolute atomic E-state index is 13.9. The molecule has 0 spiro atoms. The van der Waals surface area contributed by atoms with E-state index in [2.05, 4.69) is 9.88 Å². The van der Waals surface area contributed by atoms with Crippen molar-refractivity contribution in [3.8, 4) is 0 Å². The molecule has 0 saturated carbocycles. The average molecular weight is 370 g/mol. The molecule has 2 aromatic rings. The lowest BCUT2D eigenvalue weighted by atomic mass is 9.91. The van der Waals surface area contributed by atoms with Crippen molar-refractivity contribution in [1.82, 2.24) is 9.88 Å². The summed E-state index contributed by atoms with van der Waals surface area (Å²) in [4.78, 5) is 6.78. The summed E-state index contributed by atoms with van der Waals surface area (Å²) in [6.07, 6.45) is 1.28. The second-order valence-electron chi connectivity index (χ2n) is 7.69. The van der Waals surface area contributed by atoms with Gasteiger partial charge in [-0.25, -0.2) is 4.39 Å². The van der Waals surface area contributed by atoms with Gasteiger partial charge in [0.25, 0.3) is 0 Å². The fourth-order valence-corrected chi connectivity index (χ4v) is 4.27. The quantitative estimate of drug-likeness (QED) is 0.698. The number of likely N-dealkylation sites (tertiary alicyclic amines) is 1. The SMILES string of the molecule is Cc1cccc(COCC[C@H]2CO[C@H]3CN(Cc4ccccc4F)C[C@@H]23)n1. The Labute approximate surface area is 160 Å². The predicted molar refractivity (Wildman–Crippen MR) is 102 cm³/mol. The molecule has 4 rings (SSSR count). The Morgan fingerprint density at radius 1 is 1.19 bits per heavy atom. The molecule has 0 N–H and O–H groups in total. The molecular formula is C22H27FN2O2. The van der Waals surface area contributed by atoms with E-state index in [-0.39, 0.29) is 11.9 Å². The first-order chi connectivity index (χ1) is 13.2. The zero-order valence-corrected chi connectivity index (χ0v) is 15.8. The largest absolute Gasteiger partial charge is 0.376 e. The van der Waals surface area contributed by atoms with E-state index in [4.69, 9.17) is 9.47 Å². The average Bonchev–Trinajstić information content (AvgIpc) is 3.21. The summed E-state index contributed by atoms with van der Waals surface area (Å²) in [7, 11) is 0. The van der Waals surface area contributed by atoms with Gasteiger partial charge in [0, 0.05) is 43.4 Å². The molecule has 2 aliphatic rings. The maximum atomic E-state index is 13.9. The number of benzene rings is 1. The van der Waals surface area contributed by atoms with Crippen LogP contribution in [0.5, 0.6) is 0 Å². The number of aryl methyl sites for hydroxylation is 1. The minimum Gasteiger partial charge on any atom is -0.376 e. The van der Waals surface area contributed by atoms with Crippen molar-refractivity contribution in [2.24, 2.45) is 11.8 Å². The van der Waals surface area contributed by atoms with E-state index in [0.29, 0.717) is 25.0 Å². The van der Waals surface area contributed by atoms with Gasteiger partial charge in [-0.15, -0.1) is 0 Å². The molecular weight excluding hydrogens is 343 g/mol. The van der Waals surface area contributed by atoms with Crippen LogP contribution < -0.4 is 0 Å². The van der Waals surface area contributed by atoms with E-state index in [9.17, 15) is 4.39 Å². The first-order valence-electron chi connectivity index (χ1n) is 9.76. The van der Waals surface area contributed by atoms with E-state index in [1.165, 1.54) is 6.07 Å². The number of rotatable bonds is 7. The smallest absolute Gasteiger partial charge is 0.127 e. The fourth-order valence-electron chi connectivity index (χ4n) is 4.27. The van der Waals surface area contributed by atoms with Crippen LogP contribution >= 0.6 is 0 Å². The van der Waals surface area contributed by atoms with Gasteiger partial charge >= 0.3 is 0 Å². The molecule has 0 bridgehead atoms. The number of nitrogens with zero attached hydrogens (tertiary/aromatic N) is 2.